The third-order valence-corrected chi connectivity index (χ3v) is 6.12. The van der Waals surface area contributed by atoms with E-state index < -0.39 is 0 Å². The fourth-order valence-electron chi connectivity index (χ4n) is 4.29. The number of carbonyl (C=O) groups is 1. The minimum absolute atomic E-state index is 0.0762. The molecular formula is C27H29FN2O. The smallest absolute Gasteiger partial charge is 0.258 e. The molecule has 1 saturated heterocycles. The van der Waals surface area contributed by atoms with Crippen molar-refractivity contribution < 1.29 is 9.18 Å². The van der Waals surface area contributed by atoms with E-state index in [1.54, 1.807) is 12.1 Å². The Morgan fingerprint density at radius 2 is 1.48 bits per heavy atom. The van der Waals surface area contributed by atoms with Crippen LogP contribution in [0.25, 0.3) is 0 Å². The van der Waals surface area contributed by atoms with E-state index in [2.05, 4.69) is 35.2 Å². The summed E-state index contributed by atoms with van der Waals surface area (Å²) in [7, 11) is 0. The van der Waals surface area contributed by atoms with Gasteiger partial charge in [-0.05, 0) is 80.2 Å². The first-order valence-corrected chi connectivity index (χ1v) is 11.1. The molecule has 160 valence electrons. The number of amides is 1. The lowest BCUT2D eigenvalue weighted by molar-refractivity contribution is 0.0983. The molecule has 0 aliphatic carbocycles. The van der Waals surface area contributed by atoms with Gasteiger partial charge in [-0.3, -0.25) is 9.69 Å². The van der Waals surface area contributed by atoms with E-state index in [4.69, 9.17) is 0 Å². The molecule has 1 fully saturated rings. The van der Waals surface area contributed by atoms with E-state index >= 15 is 0 Å². The largest absolute Gasteiger partial charge is 0.308 e. The summed E-state index contributed by atoms with van der Waals surface area (Å²) < 4.78 is 13.3. The molecule has 0 spiro atoms. The number of piperidine rings is 1. The molecule has 3 aromatic carbocycles. The number of anilines is 1. The topological polar surface area (TPSA) is 23.6 Å². The van der Waals surface area contributed by atoms with Gasteiger partial charge in [0.2, 0.25) is 0 Å². The van der Waals surface area contributed by atoms with Gasteiger partial charge in [-0.25, -0.2) is 4.39 Å². The maximum Gasteiger partial charge on any atom is 0.258 e. The zero-order valence-corrected chi connectivity index (χ0v) is 17.8. The van der Waals surface area contributed by atoms with Crippen LogP contribution in [0.5, 0.6) is 0 Å². The van der Waals surface area contributed by atoms with Crippen LogP contribution in [0.2, 0.25) is 0 Å². The fourth-order valence-corrected chi connectivity index (χ4v) is 4.29. The number of benzene rings is 3. The second-order valence-corrected chi connectivity index (χ2v) is 8.29. The molecule has 4 heteroatoms. The van der Waals surface area contributed by atoms with E-state index in [1.807, 2.05) is 35.2 Å². The quantitative estimate of drug-likeness (QED) is 0.488. The van der Waals surface area contributed by atoms with Gasteiger partial charge in [0.05, 0.1) is 0 Å². The van der Waals surface area contributed by atoms with Crippen molar-refractivity contribution in [3.05, 3.63) is 102 Å². The molecular weight excluding hydrogens is 387 g/mol. The van der Waals surface area contributed by atoms with Crippen molar-refractivity contribution in [1.29, 1.82) is 0 Å². The van der Waals surface area contributed by atoms with E-state index in [0.717, 1.165) is 44.6 Å². The van der Waals surface area contributed by atoms with Crippen LogP contribution in [0.1, 0.15) is 35.2 Å². The van der Waals surface area contributed by atoms with Crippen LogP contribution in [0.3, 0.4) is 0 Å². The summed E-state index contributed by atoms with van der Waals surface area (Å²) in [4.78, 5) is 17.5. The van der Waals surface area contributed by atoms with E-state index in [-0.39, 0.29) is 11.7 Å². The Balaban J connectivity index is 1.36. The molecule has 1 aliphatic heterocycles. The average Bonchev–Trinajstić information content (AvgIpc) is 2.82. The third-order valence-electron chi connectivity index (χ3n) is 6.12. The summed E-state index contributed by atoms with van der Waals surface area (Å²) in [5.74, 6) is 0.206. The van der Waals surface area contributed by atoms with Gasteiger partial charge in [-0.15, -0.1) is 0 Å². The minimum Gasteiger partial charge on any atom is -0.308 e. The molecule has 0 unspecified atom stereocenters. The zero-order valence-electron chi connectivity index (χ0n) is 17.8. The average molecular weight is 417 g/mol. The molecule has 3 nitrogen and oxygen atoms in total. The molecule has 0 radical (unpaired) electrons. The molecule has 4 rings (SSSR count). The zero-order chi connectivity index (χ0) is 21.5. The van der Waals surface area contributed by atoms with Crippen molar-refractivity contribution in [3.63, 3.8) is 0 Å². The van der Waals surface area contributed by atoms with Crippen LogP contribution in [0, 0.1) is 11.7 Å². The maximum atomic E-state index is 13.3. The highest BCUT2D eigenvalue weighted by Gasteiger charge is 2.23. The summed E-state index contributed by atoms with van der Waals surface area (Å²) >= 11 is 0. The van der Waals surface area contributed by atoms with Crippen molar-refractivity contribution in [2.45, 2.75) is 25.8 Å². The number of likely N-dealkylation sites (tertiary alicyclic amines) is 1. The molecule has 0 saturated carbocycles. The first kappa shape index (κ1) is 21.3. The third kappa shape index (κ3) is 5.80. The van der Waals surface area contributed by atoms with Gasteiger partial charge in [0.1, 0.15) is 5.82 Å². The van der Waals surface area contributed by atoms with Crippen LogP contribution in [-0.4, -0.2) is 30.4 Å². The molecule has 0 bridgehead atoms. The summed E-state index contributed by atoms with van der Waals surface area (Å²) in [5.41, 5.74) is 2.77. The number of rotatable bonds is 7. The molecule has 3 aromatic rings. The molecule has 0 atom stereocenters. The summed E-state index contributed by atoms with van der Waals surface area (Å²) in [5, 5.41) is 0. The Morgan fingerprint density at radius 1 is 0.871 bits per heavy atom. The van der Waals surface area contributed by atoms with Crippen LogP contribution < -0.4 is 4.90 Å². The first-order chi connectivity index (χ1) is 15.2. The summed E-state index contributed by atoms with van der Waals surface area (Å²) in [6.45, 7) is 3.87. The van der Waals surface area contributed by atoms with Gasteiger partial charge in [-0.1, -0.05) is 48.5 Å². The number of nitrogens with zero attached hydrogens (tertiary/aromatic N) is 2. The Hall–Kier alpha value is -2.98. The van der Waals surface area contributed by atoms with E-state index in [1.165, 1.54) is 17.7 Å². The second kappa shape index (κ2) is 10.4. The van der Waals surface area contributed by atoms with Gasteiger partial charge in [-0.2, -0.15) is 0 Å². The number of halogens is 1. The lowest BCUT2D eigenvalue weighted by atomic mass is 9.93. The SMILES string of the molecule is O=C(c1ccc(F)cc1)N(CCC1CCN(Cc2ccccc2)CC1)c1ccccc1. The maximum absolute atomic E-state index is 13.3. The predicted octanol–water partition coefficient (Wildman–Crippen LogP) is 5.77. The van der Waals surface area contributed by atoms with Gasteiger partial charge < -0.3 is 4.90 Å². The highest BCUT2D eigenvalue weighted by Crippen LogP contribution is 2.25. The molecule has 31 heavy (non-hydrogen) atoms. The number of hydrogen-bond donors (Lipinski definition) is 0. The van der Waals surface area contributed by atoms with E-state index in [0.29, 0.717) is 18.0 Å². The molecule has 1 amide bonds. The van der Waals surface area contributed by atoms with Gasteiger partial charge in [0.15, 0.2) is 0 Å². The van der Waals surface area contributed by atoms with Crippen LogP contribution in [-0.2, 0) is 6.54 Å². The van der Waals surface area contributed by atoms with Gasteiger partial charge in [0.25, 0.3) is 5.91 Å². The Bertz CT molecular complexity index is 952. The van der Waals surface area contributed by atoms with Gasteiger partial charge in [0, 0.05) is 24.3 Å². The molecule has 1 heterocycles. The molecule has 1 aliphatic rings. The standard InChI is InChI=1S/C27H29FN2O/c28-25-13-11-24(12-14-25)27(31)30(26-9-5-2-6-10-26)20-17-22-15-18-29(19-16-22)21-23-7-3-1-4-8-23/h1-14,22H,15-21H2. The van der Waals surface area contributed by atoms with Crippen molar-refractivity contribution in [2.24, 2.45) is 5.92 Å². The first-order valence-electron chi connectivity index (χ1n) is 11.1. The fraction of sp³-hybridized carbons (Fsp3) is 0.296. The van der Waals surface area contributed by atoms with Crippen LogP contribution >= 0.6 is 0 Å². The summed E-state index contributed by atoms with van der Waals surface area (Å²) in [6, 6.07) is 26.2. The van der Waals surface area contributed by atoms with Crippen molar-refractivity contribution in [3.8, 4) is 0 Å². The minimum atomic E-state index is -0.329. The highest BCUT2D eigenvalue weighted by molar-refractivity contribution is 6.06. The van der Waals surface area contributed by atoms with Crippen molar-refractivity contribution >= 4 is 11.6 Å². The van der Waals surface area contributed by atoms with Crippen LogP contribution in [0.15, 0.2) is 84.9 Å². The molecule has 0 aromatic heterocycles. The van der Waals surface area contributed by atoms with E-state index in [9.17, 15) is 9.18 Å². The Labute approximate surface area is 184 Å². The van der Waals surface area contributed by atoms with Crippen LogP contribution in [0.4, 0.5) is 10.1 Å². The molecule has 0 N–H and O–H groups in total. The Kier molecular flexibility index (Phi) is 7.11. The summed E-state index contributed by atoms with van der Waals surface area (Å²) in [6.07, 6.45) is 3.28. The monoisotopic (exact) mass is 416 g/mol. The number of carbonyl (C=O) groups excluding carboxylic acids is 1. The Morgan fingerprint density at radius 3 is 2.13 bits per heavy atom. The van der Waals surface area contributed by atoms with Crippen molar-refractivity contribution in [1.82, 2.24) is 4.90 Å². The lowest BCUT2D eigenvalue weighted by Gasteiger charge is -2.33. The second-order valence-electron chi connectivity index (χ2n) is 8.29. The van der Waals surface area contributed by atoms with Gasteiger partial charge >= 0.3 is 0 Å². The van der Waals surface area contributed by atoms with Crippen molar-refractivity contribution in [2.75, 3.05) is 24.5 Å². The lowest BCUT2D eigenvalue weighted by Crippen LogP contribution is -2.36. The highest BCUT2D eigenvalue weighted by atomic mass is 19.1. The normalized spacial score (nSPS) is 15.0. The predicted molar refractivity (Wildman–Crippen MR) is 124 cm³/mol. The number of hydrogen-bond acceptors (Lipinski definition) is 2. The number of para-hydroxylation sites is 1.